The molecule has 3 rings (SSSR count). The van der Waals surface area contributed by atoms with Crippen molar-refractivity contribution in [3.63, 3.8) is 0 Å². The lowest BCUT2D eigenvalue weighted by Crippen LogP contribution is -1.99. The minimum atomic E-state index is -1.02. The number of nitrogens with zero attached hydrogens (tertiary/aromatic N) is 2. The lowest BCUT2D eigenvalue weighted by Gasteiger charge is -2.08. The molecule has 0 aliphatic rings. The van der Waals surface area contributed by atoms with Gasteiger partial charge in [0.25, 0.3) is 0 Å². The summed E-state index contributed by atoms with van der Waals surface area (Å²) in [6.45, 7) is 1.78. The third-order valence-corrected chi connectivity index (χ3v) is 3.85. The fourth-order valence-corrected chi connectivity index (χ4v) is 2.70. The first-order chi connectivity index (χ1) is 9.99. The number of benzene rings is 2. The molecule has 0 aliphatic carbocycles. The van der Waals surface area contributed by atoms with E-state index in [0.29, 0.717) is 27.0 Å². The Kier molecular flexibility index (Phi) is 3.25. The Morgan fingerprint density at radius 2 is 2.10 bits per heavy atom. The molecular weight excluding hydrogens is 339 g/mol. The number of aromatic carboxylic acids is 1. The normalized spacial score (nSPS) is 11.0. The molecule has 0 unspecified atom stereocenters. The summed E-state index contributed by atoms with van der Waals surface area (Å²) >= 11 is 3.16. The number of rotatable bonds is 2. The number of aryl methyl sites for hydroxylation is 1. The van der Waals surface area contributed by atoms with Crippen LogP contribution >= 0.6 is 15.9 Å². The number of para-hydroxylation sites is 1. The number of halogens is 2. The van der Waals surface area contributed by atoms with Crippen molar-refractivity contribution in [1.29, 1.82) is 0 Å². The van der Waals surface area contributed by atoms with Crippen molar-refractivity contribution in [1.82, 2.24) is 9.55 Å². The maximum absolute atomic E-state index is 13.4. The quantitative estimate of drug-likeness (QED) is 0.763. The van der Waals surface area contributed by atoms with Crippen molar-refractivity contribution in [2.45, 2.75) is 6.92 Å². The Labute approximate surface area is 128 Å². The zero-order valence-corrected chi connectivity index (χ0v) is 12.6. The maximum Gasteiger partial charge on any atom is 0.337 e. The summed E-state index contributed by atoms with van der Waals surface area (Å²) in [7, 11) is 0. The smallest absolute Gasteiger partial charge is 0.337 e. The standard InChI is InChI=1S/C15H10BrFN2O2/c1-8-18-14-10(15(20)21)3-2-4-13(14)19(8)9-5-6-12(17)11(16)7-9/h2-7H,1H3,(H,20,21). The van der Waals surface area contributed by atoms with Crippen LogP contribution in [0.4, 0.5) is 4.39 Å². The van der Waals surface area contributed by atoms with Crippen molar-refractivity contribution in [2.24, 2.45) is 0 Å². The van der Waals surface area contributed by atoms with E-state index < -0.39 is 5.97 Å². The average Bonchev–Trinajstić information content (AvgIpc) is 2.77. The van der Waals surface area contributed by atoms with E-state index >= 15 is 0 Å². The van der Waals surface area contributed by atoms with Gasteiger partial charge in [0.05, 0.1) is 15.6 Å². The first-order valence-electron chi connectivity index (χ1n) is 6.16. The van der Waals surface area contributed by atoms with E-state index in [1.165, 1.54) is 12.1 Å². The topological polar surface area (TPSA) is 55.1 Å². The highest BCUT2D eigenvalue weighted by atomic mass is 79.9. The van der Waals surface area contributed by atoms with Gasteiger partial charge in [0.2, 0.25) is 0 Å². The third kappa shape index (κ3) is 2.21. The lowest BCUT2D eigenvalue weighted by atomic mass is 10.2. The first-order valence-corrected chi connectivity index (χ1v) is 6.95. The van der Waals surface area contributed by atoms with Gasteiger partial charge < -0.3 is 5.11 Å². The van der Waals surface area contributed by atoms with Crippen molar-refractivity contribution < 1.29 is 14.3 Å². The van der Waals surface area contributed by atoms with Crippen molar-refractivity contribution in [3.8, 4) is 5.69 Å². The number of aromatic nitrogens is 2. The molecule has 0 amide bonds. The van der Waals surface area contributed by atoms with Crippen molar-refractivity contribution in [3.05, 3.63) is 58.1 Å². The van der Waals surface area contributed by atoms with Crippen LogP contribution in [0.3, 0.4) is 0 Å². The summed E-state index contributed by atoms with van der Waals surface area (Å²) in [5.74, 6) is -0.741. The Morgan fingerprint density at radius 1 is 1.33 bits per heavy atom. The van der Waals surface area contributed by atoms with Crippen LogP contribution in [0, 0.1) is 12.7 Å². The van der Waals surface area contributed by atoms with E-state index in [4.69, 9.17) is 0 Å². The van der Waals surface area contributed by atoms with Gasteiger partial charge in [-0.05, 0) is 53.2 Å². The fourth-order valence-electron chi connectivity index (χ4n) is 2.34. The van der Waals surface area contributed by atoms with Gasteiger partial charge in [0, 0.05) is 5.69 Å². The van der Waals surface area contributed by atoms with E-state index in [1.807, 2.05) is 0 Å². The Hall–Kier alpha value is -2.21. The van der Waals surface area contributed by atoms with E-state index in [-0.39, 0.29) is 11.4 Å². The molecule has 3 aromatic rings. The van der Waals surface area contributed by atoms with Crippen LogP contribution in [0.15, 0.2) is 40.9 Å². The molecule has 106 valence electrons. The molecule has 0 spiro atoms. The second kappa shape index (κ2) is 4.96. The monoisotopic (exact) mass is 348 g/mol. The number of imidazole rings is 1. The molecule has 0 fully saturated rings. The van der Waals surface area contributed by atoms with Gasteiger partial charge in [-0.2, -0.15) is 0 Å². The molecule has 2 aromatic carbocycles. The second-order valence-corrected chi connectivity index (χ2v) is 5.43. The number of hydrogen-bond donors (Lipinski definition) is 1. The van der Waals surface area contributed by atoms with Gasteiger partial charge >= 0.3 is 5.97 Å². The molecular formula is C15H10BrFN2O2. The van der Waals surface area contributed by atoms with E-state index in [0.717, 1.165) is 0 Å². The molecule has 1 N–H and O–H groups in total. The van der Waals surface area contributed by atoms with Crippen LogP contribution in [-0.2, 0) is 0 Å². The molecule has 0 bridgehead atoms. The van der Waals surface area contributed by atoms with E-state index in [1.54, 1.807) is 35.8 Å². The summed E-state index contributed by atoms with van der Waals surface area (Å²) < 4.78 is 15.5. The van der Waals surface area contributed by atoms with E-state index in [9.17, 15) is 14.3 Å². The molecule has 0 saturated heterocycles. The van der Waals surface area contributed by atoms with Crippen LogP contribution in [0.5, 0.6) is 0 Å². The predicted molar refractivity (Wildman–Crippen MR) is 80.4 cm³/mol. The SMILES string of the molecule is Cc1nc2c(C(=O)O)cccc2n1-c1ccc(F)c(Br)c1. The fraction of sp³-hybridized carbons (Fsp3) is 0.0667. The molecule has 0 radical (unpaired) electrons. The Balaban J connectivity index is 2.32. The largest absolute Gasteiger partial charge is 0.478 e. The Bertz CT molecular complexity index is 873. The summed E-state index contributed by atoms with van der Waals surface area (Å²) in [5.41, 5.74) is 1.95. The summed E-state index contributed by atoms with van der Waals surface area (Å²) in [6.07, 6.45) is 0. The molecule has 0 atom stereocenters. The summed E-state index contributed by atoms with van der Waals surface area (Å²) in [6, 6.07) is 9.59. The predicted octanol–water partition coefficient (Wildman–Crippen LogP) is 3.93. The van der Waals surface area contributed by atoms with Crippen LogP contribution in [0.2, 0.25) is 0 Å². The van der Waals surface area contributed by atoms with Crippen LogP contribution in [-0.4, -0.2) is 20.6 Å². The number of hydrogen-bond acceptors (Lipinski definition) is 2. The highest BCUT2D eigenvalue weighted by Gasteiger charge is 2.16. The summed E-state index contributed by atoms with van der Waals surface area (Å²) in [4.78, 5) is 15.6. The highest BCUT2D eigenvalue weighted by Crippen LogP contribution is 2.26. The molecule has 1 heterocycles. The number of carboxylic acids is 1. The minimum Gasteiger partial charge on any atom is -0.478 e. The second-order valence-electron chi connectivity index (χ2n) is 4.57. The van der Waals surface area contributed by atoms with Gasteiger partial charge in [-0.1, -0.05) is 6.07 Å². The zero-order valence-electron chi connectivity index (χ0n) is 11.0. The van der Waals surface area contributed by atoms with Gasteiger partial charge in [-0.3, -0.25) is 4.57 Å². The van der Waals surface area contributed by atoms with E-state index in [2.05, 4.69) is 20.9 Å². The van der Waals surface area contributed by atoms with Gasteiger partial charge in [-0.15, -0.1) is 0 Å². The Morgan fingerprint density at radius 3 is 2.76 bits per heavy atom. The number of carboxylic acid groups (broad SMARTS) is 1. The molecule has 0 aliphatic heterocycles. The van der Waals surface area contributed by atoms with Crippen molar-refractivity contribution >= 4 is 32.9 Å². The van der Waals surface area contributed by atoms with Crippen LogP contribution in [0.1, 0.15) is 16.2 Å². The first kappa shape index (κ1) is 13.8. The molecule has 4 nitrogen and oxygen atoms in total. The molecule has 1 aromatic heterocycles. The lowest BCUT2D eigenvalue weighted by molar-refractivity contribution is 0.0699. The molecule has 0 saturated carbocycles. The maximum atomic E-state index is 13.4. The summed E-state index contributed by atoms with van der Waals surface area (Å²) in [5, 5.41) is 9.23. The van der Waals surface area contributed by atoms with Crippen molar-refractivity contribution in [2.75, 3.05) is 0 Å². The molecule has 6 heteroatoms. The number of fused-ring (bicyclic) bond motifs is 1. The van der Waals surface area contributed by atoms with Gasteiger partial charge in [-0.25, -0.2) is 14.2 Å². The van der Waals surface area contributed by atoms with Crippen LogP contribution in [0.25, 0.3) is 16.7 Å². The third-order valence-electron chi connectivity index (χ3n) is 3.24. The highest BCUT2D eigenvalue weighted by molar-refractivity contribution is 9.10. The minimum absolute atomic E-state index is 0.149. The molecule has 21 heavy (non-hydrogen) atoms. The average molecular weight is 349 g/mol. The van der Waals surface area contributed by atoms with Gasteiger partial charge in [0.1, 0.15) is 17.2 Å². The van der Waals surface area contributed by atoms with Gasteiger partial charge in [0.15, 0.2) is 0 Å². The zero-order chi connectivity index (χ0) is 15.1. The number of carbonyl (C=O) groups is 1. The van der Waals surface area contributed by atoms with Crippen LogP contribution < -0.4 is 0 Å².